The van der Waals surface area contributed by atoms with Gasteiger partial charge in [0.2, 0.25) is 5.91 Å². The number of hydrogen-bond acceptors (Lipinski definition) is 13. The summed E-state index contributed by atoms with van der Waals surface area (Å²) in [5, 5.41) is 20.7. The number of nitrogens with one attached hydrogen (secondary N) is 1. The van der Waals surface area contributed by atoms with Gasteiger partial charge >= 0.3 is 5.97 Å². The van der Waals surface area contributed by atoms with Gasteiger partial charge in [0.1, 0.15) is 22.5 Å². The number of hydrogen-bond donors (Lipinski definition) is 3. The van der Waals surface area contributed by atoms with Crippen LogP contribution in [0.3, 0.4) is 0 Å². The zero-order valence-corrected chi connectivity index (χ0v) is 23.6. The molecule has 2 unspecified atom stereocenters. The summed E-state index contributed by atoms with van der Waals surface area (Å²) in [4.78, 5) is 60.1. The molecule has 0 saturated carbocycles. The van der Waals surface area contributed by atoms with Crippen LogP contribution < -0.4 is 16.5 Å². The minimum absolute atomic E-state index is 0.0686. The zero-order chi connectivity index (χ0) is 27.7. The largest absolute Gasteiger partial charge is 0.481 e. The minimum Gasteiger partial charge on any atom is -0.481 e. The van der Waals surface area contributed by atoms with E-state index in [0.29, 0.717) is 4.70 Å². The average molecular weight is 628 g/mol. The summed E-state index contributed by atoms with van der Waals surface area (Å²) in [5.74, 6) is -2.21. The molecule has 4 N–H and O–H groups in total. The van der Waals surface area contributed by atoms with Crippen LogP contribution >= 0.6 is 57.5 Å². The molecule has 2 aliphatic heterocycles. The lowest BCUT2D eigenvalue weighted by Crippen LogP contribution is -2.73. The molecule has 204 valence electrons. The van der Waals surface area contributed by atoms with Crippen LogP contribution in [0.1, 0.15) is 5.69 Å². The monoisotopic (exact) mass is 627 g/mol. The SMILES string of the molecule is Nc1nc(C(=NOCF)C(=O)NC2C(=O)N3CC(C=CSc4cc(=O)c5sccc5s4)(C(=O)O)CS[C@H]23)cs1. The number of thiophene rings is 1. The number of anilines is 1. The number of aliphatic carboxylic acids is 1. The predicted molar refractivity (Wildman–Crippen MR) is 151 cm³/mol. The first-order chi connectivity index (χ1) is 18.7. The second-order valence-corrected chi connectivity index (χ2v) is 13.5. The highest BCUT2D eigenvalue weighted by molar-refractivity contribution is 8.04. The number of alkyl halides is 1. The van der Waals surface area contributed by atoms with Gasteiger partial charge in [0.15, 0.2) is 16.3 Å². The Kier molecular flexibility index (Phi) is 7.95. The molecule has 39 heavy (non-hydrogen) atoms. The molecule has 5 heterocycles. The van der Waals surface area contributed by atoms with Crippen LogP contribution in [0.2, 0.25) is 0 Å². The van der Waals surface area contributed by atoms with Gasteiger partial charge in [0.25, 0.3) is 12.8 Å². The quantitative estimate of drug-likeness (QED) is 0.139. The van der Waals surface area contributed by atoms with Crippen LogP contribution in [0.5, 0.6) is 0 Å². The number of halogens is 1. The van der Waals surface area contributed by atoms with Crippen molar-refractivity contribution in [2.45, 2.75) is 15.6 Å². The molecule has 17 heteroatoms. The molecule has 3 aromatic rings. The lowest BCUT2D eigenvalue weighted by Gasteiger charge is -2.53. The summed E-state index contributed by atoms with van der Waals surface area (Å²) in [6, 6.07) is 2.46. The Morgan fingerprint density at radius 1 is 1.41 bits per heavy atom. The number of fused-ring (bicyclic) bond motifs is 2. The van der Waals surface area contributed by atoms with Gasteiger partial charge in [0.05, 0.1) is 13.6 Å². The second kappa shape index (κ2) is 11.2. The fourth-order valence-electron chi connectivity index (χ4n) is 3.95. The Hall–Kier alpha value is -2.99. The molecule has 2 amide bonds. The smallest absolute Gasteiger partial charge is 0.316 e. The highest BCUT2D eigenvalue weighted by atomic mass is 32.2. The van der Waals surface area contributed by atoms with Crippen LogP contribution in [0.4, 0.5) is 9.52 Å². The van der Waals surface area contributed by atoms with Gasteiger partial charge in [-0.15, -0.1) is 45.8 Å². The molecule has 2 aliphatic rings. The Balaban J connectivity index is 1.26. The predicted octanol–water partition coefficient (Wildman–Crippen LogP) is 2.79. The van der Waals surface area contributed by atoms with Gasteiger partial charge in [0, 0.05) is 23.7 Å². The highest BCUT2D eigenvalue weighted by Gasteiger charge is 2.57. The van der Waals surface area contributed by atoms with E-state index in [-0.39, 0.29) is 34.3 Å². The van der Waals surface area contributed by atoms with Crippen molar-refractivity contribution in [1.82, 2.24) is 15.2 Å². The van der Waals surface area contributed by atoms with Crippen LogP contribution in [0.25, 0.3) is 9.40 Å². The molecule has 11 nitrogen and oxygen atoms in total. The van der Waals surface area contributed by atoms with Crippen molar-refractivity contribution >= 4 is 95.6 Å². The van der Waals surface area contributed by atoms with Crippen molar-refractivity contribution in [2.24, 2.45) is 10.6 Å². The number of nitrogen functional groups attached to an aromatic ring is 1. The Labute approximate surface area is 239 Å². The lowest BCUT2D eigenvalue weighted by atomic mass is 9.87. The third-order valence-electron chi connectivity index (χ3n) is 5.89. The van der Waals surface area contributed by atoms with Crippen LogP contribution in [0, 0.1) is 5.41 Å². The number of thiazole rings is 1. The molecule has 3 aromatic heterocycles. The fraction of sp³-hybridized carbons (Fsp3) is 0.273. The molecular weight excluding hydrogens is 610 g/mol. The Morgan fingerprint density at radius 3 is 2.95 bits per heavy atom. The summed E-state index contributed by atoms with van der Waals surface area (Å²) in [7, 11) is 0. The molecule has 0 aromatic carbocycles. The maximum atomic E-state index is 12.9. The van der Waals surface area contributed by atoms with E-state index in [1.54, 1.807) is 11.5 Å². The van der Waals surface area contributed by atoms with E-state index in [0.717, 1.165) is 20.2 Å². The van der Waals surface area contributed by atoms with Gasteiger partial charge < -0.3 is 25.9 Å². The number of carboxylic acids is 1. The molecule has 0 aliphatic carbocycles. The lowest BCUT2D eigenvalue weighted by molar-refractivity contribution is -0.156. The summed E-state index contributed by atoms with van der Waals surface area (Å²) >= 11 is 6.34. The highest BCUT2D eigenvalue weighted by Crippen LogP contribution is 2.43. The number of aromatic nitrogens is 1. The molecule has 0 radical (unpaired) electrons. The first-order valence-corrected chi connectivity index (χ1v) is 15.5. The summed E-state index contributed by atoms with van der Waals surface area (Å²) in [6.45, 7) is -1.36. The van der Waals surface area contributed by atoms with Crippen molar-refractivity contribution in [3.8, 4) is 0 Å². The minimum atomic E-state index is -1.35. The number of β-lactam (4-membered cyclic amide) rings is 1. The van der Waals surface area contributed by atoms with Gasteiger partial charge in [-0.25, -0.2) is 9.37 Å². The maximum Gasteiger partial charge on any atom is 0.316 e. The molecule has 0 bridgehead atoms. The van der Waals surface area contributed by atoms with Gasteiger partial charge in [-0.1, -0.05) is 23.0 Å². The first-order valence-electron chi connectivity index (χ1n) is 11.0. The van der Waals surface area contributed by atoms with Gasteiger partial charge in [-0.05, 0) is 16.9 Å². The van der Waals surface area contributed by atoms with Crippen molar-refractivity contribution in [3.05, 3.63) is 50.3 Å². The van der Waals surface area contributed by atoms with Crippen molar-refractivity contribution in [2.75, 3.05) is 24.9 Å². The Bertz CT molecular complexity index is 1570. The second-order valence-electron chi connectivity index (χ2n) is 8.29. The number of thioether (sulfide) groups is 2. The normalized spacial score (nSPS) is 23.1. The van der Waals surface area contributed by atoms with E-state index in [9.17, 15) is 28.7 Å². The van der Waals surface area contributed by atoms with Gasteiger partial charge in [-0.2, -0.15) is 0 Å². The van der Waals surface area contributed by atoms with Crippen molar-refractivity contribution in [3.63, 3.8) is 0 Å². The van der Waals surface area contributed by atoms with E-state index in [1.807, 2.05) is 11.4 Å². The topological polar surface area (TPSA) is 164 Å². The molecule has 3 atom stereocenters. The van der Waals surface area contributed by atoms with Crippen molar-refractivity contribution < 1.29 is 28.7 Å². The third-order valence-corrected chi connectivity index (χ3v) is 11.2. The van der Waals surface area contributed by atoms with E-state index in [4.69, 9.17) is 5.73 Å². The van der Waals surface area contributed by atoms with Crippen LogP contribution in [-0.2, 0) is 19.2 Å². The molecule has 2 saturated heterocycles. The first kappa shape index (κ1) is 27.6. The number of carboxylic acid groups (broad SMARTS) is 1. The maximum absolute atomic E-state index is 12.9. The standard InChI is InChI=1S/C22H18FN5O6S5/c23-9-34-27-14(10-6-37-21(24)25-10)17(30)26-15-18(31)28-7-22(20(32)33,8-38-19(15)28)2-4-35-13-5-11(29)16-12(39-13)1-3-36-16/h1-6,15,19H,7-9H2,(H2,24,25)(H,26,30)(H,32,33)/t15?,19-,22?/m1/s1. The molecule has 0 spiro atoms. The summed E-state index contributed by atoms with van der Waals surface area (Å²) in [5.41, 5.74) is 3.91. The van der Waals surface area contributed by atoms with E-state index in [1.165, 1.54) is 62.5 Å². The van der Waals surface area contributed by atoms with Crippen LogP contribution in [-0.4, -0.2) is 69.1 Å². The zero-order valence-electron chi connectivity index (χ0n) is 19.6. The van der Waals surface area contributed by atoms with Crippen molar-refractivity contribution in [1.29, 1.82) is 0 Å². The fourth-order valence-corrected chi connectivity index (χ4v) is 9.05. The third kappa shape index (κ3) is 5.41. The van der Waals surface area contributed by atoms with E-state index < -0.39 is 41.5 Å². The number of carbonyl (C=O) groups is 3. The van der Waals surface area contributed by atoms with Gasteiger partial charge in [-0.3, -0.25) is 19.2 Å². The number of nitrogens with two attached hydrogens (primary N) is 1. The molecule has 5 rings (SSSR count). The van der Waals surface area contributed by atoms with Crippen LogP contribution in [0.15, 0.2) is 48.5 Å². The summed E-state index contributed by atoms with van der Waals surface area (Å²) < 4.78 is 14.8. The number of carbonyl (C=O) groups excluding carboxylic acids is 2. The summed E-state index contributed by atoms with van der Waals surface area (Å²) in [6.07, 6.45) is 1.54. The number of rotatable bonds is 9. The molecular formula is C22H18FN5O6S5. The van der Waals surface area contributed by atoms with E-state index >= 15 is 0 Å². The average Bonchev–Trinajstić information content (AvgIpc) is 3.56. The number of amides is 2. The molecule has 2 fully saturated rings. The van der Waals surface area contributed by atoms with E-state index in [2.05, 4.69) is 20.3 Å². The number of oxime groups is 1. The Morgan fingerprint density at radius 2 is 2.23 bits per heavy atom. The number of nitrogens with zero attached hydrogens (tertiary/aromatic N) is 3.